The smallest absolute Gasteiger partial charge is 0.291 e. The Morgan fingerprint density at radius 3 is 2.70 bits per heavy atom. The van der Waals surface area contributed by atoms with Crippen LogP contribution in [-0.4, -0.2) is 43.2 Å². The average Bonchev–Trinajstić information content (AvgIpc) is 2.79. The molecule has 0 bridgehead atoms. The van der Waals surface area contributed by atoms with E-state index in [0.29, 0.717) is 5.78 Å². The van der Waals surface area contributed by atoms with E-state index in [-0.39, 0.29) is 24.4 Å². The number of hydrogen-bond donors (Lipinski definition) is 2. The van der Waals surface area contributed by atoms with Gasteiger partial charge in [0.25, 0.3) is 11.7 Å². The molecule has 2 N–H and O–H groups in total. The first-order chi connectivity index (χ1) is 9.42. The highest BCUT2D eigenvalue weighted by Gasteiger charge is 2.20. The van der Waals surface area contributed by atoms with E-state index in [0.717, 1.165) is 11.4 Å². The van der Waals surface area contributed by atoms with Crippen molar-refractivity contribution >= 4 is 11.7 Å². The first-order valence-electron chi connectivity index (χ1n) is 6.55. The summed E-state index contributed by atoms with van der Waals surface area (Å²) in [5, 5.41) is 16.1. The third-order valence-electron chi connectivity index (χ3n) is 3.14. The summed E-state index contributed by atoms with van der Waals surface area (Å²) >= 11 is 0. The minimum Gasteiger partial charge on any atom is -0.394 e. The molecule has 0 spiro atoms. The lowest BCUT2D eigenvalue weighted by Gasteiger charge is -2.18. The molecule has 20 heavy (non-hydrogen) atoms. The van der Waals surface area contributed by atoms with Gasteiger partial charge < -0.3 is 10.4 Å². The molecule has 0 aliphatic carbocycles. The van der Waals surface area contributed by atoms with E-state index in [9.17, 15) is 9.90 Å². The van der Waals surface area contributed by atoms with Crippen LogP contribution in [0.15, 0.2) is 6.07 Å². The Bertz CT molecular complexity index is 635. The molecule has 0 aliphatic rings. The lowest BCUT2D eigenvalue weighted by Crippen LogP contribution is -2.41. The van der Waals surface area contributed by atoms with E-state index < -0.39 is 5.91 Å². The molecule has 0 radical (unpaired) electrons. The third kappa shape index (κ3) is 2.77. The highest BCUT2D eigenvalue weighted by Crippen LogP contribution is 2.06. The summed E-state index contributed by atoms with van der Waals surface area (Å²) in [4.78, 5) is 20.5. The first-order valence-corrected chi connectivity index (χ1v) is 6.55. The van der Waals surface area contributed by atoms with Crippen LogP contribution in [0, 0.1) is 19.8 Å². The van der Waals surface area contributed by atoms with Gasteiger partial charge in [-0.15, -0.1) is 5.10 Å². The highest BCUT2D eigenvalue weighted by atomic mass is 16.3. The molecule has 2 aromatic heterocycles. The van der Waals surface area contributed by atoms with Gasteiger partial charge in [0.1, 0.15) is 0 Å². The van der Waals surface area contributed by atoms with E-state index in [1.54, 1.807) is 0 Å². The van der Waals surface area contributed by atoms with Gasteiger partial charge in [-0.3, -0.25) is 4.79 Å². The summed E-state index contributed by atoms with van der Waals surface area (Å²) in [7, 11) is 0. The Kier molecular flexibility index (Phi) is 3.99. The Morgan fingerprint density at radius 1 is 1.40 bits per heavy atom. The molecule has 108 valence electrons. The van der Waals surface area contributed by atoms with E-state index in [1.807, 2.05) is 33.8 Å². The van der Waals surface area contributed by atoms with Crippen LogP contribution in [0.3, 0.4) is 0 Å². The Labute approximate surface area is 117 Å². The van der Waals surface area contributed by atoms with Crippen molar-refractivity contribution in [1.82, 2.24) is 24.9 Å². The number of aliphatic hydroxyl groups excluding tert-OH is 1. The van der Waals surface area contributed by atoms with Gasteiger partial charge in [-0.2, -0.15) is 4.98 Å². The van der Waals surface area contributed by atoms with E-state index in [4.69, 9.17) is 0 Å². The minimum absolute atomic E-state index is 0.0605. The molecule has 2 aromatic rings. The molecule has 7 heteroatoms. The van der Waals surface area contributed by atoms with E-state index in [2.05, 4.69) is 20.4 Å². The summed E-state index contributed by atoms with van der Waals surface area (Å²) < 4.78 is 1.53. The molecule has 0 saturated carbocycles. The summed E-state index contributed by atoms with van der Waals surface area (Å²) in [5.74, 6) is 0.187. The number of aryl methyl sites for hydroxylation is 2. The van der Waals surface area contributed by atoms with Gasteiger partial charge >= 0.3 is 0 Å². The van der Waals surface area contributed by atoms with Crippen molar-refractivity contribution in [2.45, 2.75) is 33.7 Å². The van der Waals surface area contributed by atoms with Crippen molar-refractivity contribution in [3.63, 3.8) is 0 Å². The minimum atomic E-state index is -0.402. The van der Waals surface area contributed by atoms with Crippen LogP contribution in [-0.2, 0) is 0 Å². The Hall–Kier alpha value is -2.02. The standard InChI is InChI=1S/C13H19N5O2/c1-7(2)10(6-19)15-12(20)11-16-13-14-8(3)5-9(4)18(13)17-11/h5,7,10,19H,6H2,1-4H3,(H,15,20)/t10-/m1/s1. The maximum Gasteiger partial charge on any atom is 0.291 e. The zero-order chi connectivity index (χ0) is 14.9. The van der Waals surface area contributed by atoms with Crippen LogP contribution in [0.4, 0.5) is 0 Å². The molecule has 7 nitrogen and oxygen atoms in total. The summed E-state index contributed by atoms with van der Waals surface area (Å²) in [6, 6.07) is 1.55. The quantitative estimate of drug-likeness (QED) is 0.848. The summed E-state index contributed by atoms with van der Waals surface area (Å²) in [6.07, 6.45) is 0. The molecule has 0 saturated heterocycles. The number of nitrogens with one attached hydrogen (secondary N) is 1. The van der Waals surface area contributed by atoms with Gasteiger partial charge in [-0.25, -0.2) is 9.50 Å². The highest BCUT2D eigenvalue weighted by molar-refractivity contribution is 5.91. The van der Waals surface area contributed by atoms with E-state index in [1.165, 1.54) is 4.52 Å². The number of fused-ring (bicyclic) bond motifs is 1. The van der Waals surface area contributed by atoms with Crippen LogP contribution < -0.4 is 5.32 Å². The van der Waals surface area contributed by atoms with Gasteiger partial charge in [0.05, 0.1) is 12.6 Å². The van der Waals surface area contributed by atoms with Crippen molar-refractivity contribution in [2.24, 2.45) is 5.92 Å². The lowest BCUT2D eigenvalue weighted by atomic mass is 10.1. The lowest BCUT2D eigenvalue weighted by molar-refractivity contribution is 0.0886. The van der Waals surface area contributed by atoms with Gasteiger partial charge in [0.2, 0.25) is 5.82 Å². The number of carbonyl (C=O) groups is 1. The zero-order valence-corrected chi connectivity index (χ0v) is 12.1. The Morgan fingerprint density at radius 2 is 2.10 bits per heavy atom. The number of hydrogen-bond acceptors (Lipinski definition) is 5. The molecular weight excluding hydrogens is 258 g/mol. The average molecular weight is 277 g/mol. The molecule has 0 fully saturated rings. The second-order valence-corrected chi connectivity index (χ2v) is 5.19. The van der Waals surface area contributed by atoms with Gasteiger partial charge in [0, 0.05) is 11.4 Å². The van der Waals surface area contributed by atoms with Crippen LogP contribution in [0.2, 0.25) is 0 Å². The number of rotatable bonds is 4. The fourth-order valence-corrected chi connectivity index (χ4v) is 1.92. The first kappa shape index (κ1) is 14.4. The van der Waals surface area contributed by atoms with Crippen LogP contribution >= 0.6 is 0 Å². The van der Waals surface area contributed by atoms with Gasteiger partial charge in [-0.05, 0) is 25.8 Å². The monoisotopic (exact) mass is 277 g/mol. The fraction of sp³-hybridized carbons (Fsp3) is 0.538. The van der Waals surface area contributed by atoms with Gasteiger partial charge in [0.15, 0.2) is 0 Å². The number of aromatic nitrogens is 4. The largest absolute Gasteiger partial charge is 0.394 e. The second-order valence-electron chi connectivity index (χ2n) is 5.19. The molecule has 2 heterocycles. The predicted octanol–water partition coefficient (Wildman–Crippen LogP) is 0.488. The molecule has 2 rings (SSSR count). The normalized spacial score (nSPS) is 12.9. The van der Waals surface area contributed by atoms with Crippen LogP contribution in [0.1, 0.15) is 35.9 Å². The molecule has 0 unspecified atom stereocenters. The number of carbonyl (C=O) groups excluding carboxylic acids is 1. The summed E-state index contributed by atoms with van der Waals surface area (Å²) in [5.41, 5.74) is 1.69. The van der Waals surface area contributed by atoms with Gasteiger partial charge in [-0.1, -0.05) is 13.8 Å². The molecular formula is C13H19N5O2. The van der Waals surface area contributed by atoms with E-state index >= 15 is 0 Å². The summed E-state index contributed by atoms with van der Waals surface area (Å²) in [6.45, 7) is 7.47. The Balaban J connectivity index is 2.29. The van der Waals surface area contributed by atoms with Crippen LogP contribution in [0.25, 0.3) is 5.78 Å². The molecule has 1 amide bonds. The third-order valence-corrected chi connectivity index (χ3v) is 3.14. The number of amides is 1. The second kappa shape index (κ2) is 5.54. The molecule has 1 atom stereocenters. The molecule has 0 aromatic carbocycles. The van der Waals surface area contributed by atoms with Crippen LogP contribution in [0.5, 0.6) is 0 Å². The SMILES string of the molecule is Cc1cc(C)n2nc(C(=O)N[C@H](CO)C(C)C)nc2n1. The van der Waals surface area contributed by atoms with Crippen molar-refractivity contribution in [2.75, 3.05) is 6.61 Å². The number of aliphatic hydroxyl groups is 1. The van der Waals surface area contributed by atoms with Crippen molar-refractivity contribution < 1.29 is 9.90 Å². The zero-order valence-electron chi connectivity index (χ0n) is 12.1. The topological polar surface area (TPSA) is 92.4 Å². The number of nitrogens with zero attached hydrogens (tertiary/aromatic N) is 4. The predicted molar refractivity (Wildman–Crippen MR) is 73.4 cm³/mol. The maximum atomic E-state index is 12.1. The van der Waals surface area contributed by atoms with Crippen molar-refractivity contribution in [3.8, 4) is 0 Å². The molecule has 0 aliphatic heterocycles. The van der Waals surface area contributed by atoms with Crippen molar-refractivity contribution in [1.29, 1.82) is 0 Å². The maximum absolute atomic E-state index is 12.1. The fourth-order valence-electron chi connectivity index (χ4n) is 1.92. The van der Waals surface area contributed by atoms with Crippen molar-refractivity contribution in [3.05, 3.63) is 23.3 Å².